The van der Waals surface area contributed by atoms with Gasteiger partial charge in [0.25, 0.3) is 0 Å². The van der Waals surface area contributed by atoms with Crippen molar-refractivity contribution in [1.82, 2.24) is 9.78 Å². The second-order valence-electron chi connectivity index (χ2n) is 4.95. The molecule has 0 spiro atoms. The van der Waals surface area contributed by atoms with Gasteiger partial charge in [0, 0.05) is 18.7 Å². The first kappa shape index (κ1) is 15.6. The third-order valence-corrected chi connectivity index (χ3v) is 4.45. The molecule has 0 aliphatic heterocycles. The maximum atomic E-state index is 11.9. The van der Waals surface area contributed by atoms with E-state index in [1.807, 2.05) is 30.7 Å². The highest BCUT2D eigenvalue weighted by molar-refractivity contribution is 9.10. The van der Waals surface area contributed by atoms with E-state index in [-0.39, 0.29) is 5.91 Å². The molecule has 0 bridgehead atoms. The summed E-state index contributed by atoms with van der Waals surface area (Å²) < 4.78 is 2.95. The number of para-hydroxylation sites is 2. The molecule has 1 amide bonds. The van der Waals surface area contributed by atoms with E-state index in [2.05, 4.69) is 26.3 Å². The highest BCUT2D eigenvalue weighted by Crippen LogP contribution is 2.20. The van der Waals surface area contributed by atoms with Gasteiger partial charge in [0.1, 0.15) is 0 Å². The van der Waals surface area contributed by atoms with Crippen LogP contribution in [-0.2, 0) is 11.3 Å². The Bertz CT molecular complexity index is 651. The van der Waals surface area contributed by atoms with E-state index >= 15 is 0 Å². The van der Waals surface area contributed by atoms with Crippen molar-refractivity contribution in [1.29, 1.82) is 0 Å². The summed E-state index contributed by atoms with van der Waals surface area (Å²) in [5.74, 6) is -0.0338. The van der Waals surface area contributed by atoms with E-state index in [1.165, 1.54) is 0 Å². The highest BCUT2D eigenvalue weighted by Gasteiger charge is 2.09. The van der Waals surface area contributed by atoms with E-state index in [0.29, 0.717) is 17.8 Å². The standard InChI is InChI=1S/C15H19BrN4O/c1-10-15(16)11(2)20(19-10)9-5-8-14(21)18-13-7-4-3-6-12(13)17/h3-4,6-7H,5,8-9,17H2,1-2H3,(H,18,21). The second-order valence-corrected chi connectivity index (χ2v) is 5.74. The van der Waals surface area contributed by atoms with Gasteiger partial charge in [-0.25, -0.2) is 0 Å². The molecule has 0 saturated carbocycles. The van der Waals surface area contributed by atoms with Crippen molar-refractivity contribution < 1.29 is 4.79 Å². The van der Waals surface area contributed by atoms with Crippen molar-refractivity contribution in [2.75, 3.05) is 11.1 Å². The van der Waals surface area contributed by atoms with Gasteiger partial charge in [-0.2, -0.15) is 5.10 Å². The molecule has 2 aromatic rings. The molecular formula is C15H19BrN4O. The van der Waals surface area contributed by atoms with Gasteiger partial charge in [0.2, 0.25) is 5.91 Å². The molecule has 5 nitrogen and oxygen atoms in total. The average Bonchev–Trinajstić information content (AvgIpc) is 2.69. The van der Waals surface area contributed by atoms with Crippen LogP contribution in [-0.4, -0.2) is 15.7 Å². The summed E-state index contributed by atoms with van der Waals surface area (Å²) >= 11 is 3.50. The van der Waals surface area contributed by atoms with Crippen LogP contribution >= 0.6 is 15.9 Å². The number of aromatic nitrogens is 2. The normalized spacial score (nSPS) is 10.6. The molecule has 0 fully saturated rings. The molecule has 112 valence electrons. The molecule has 0 radical (unpaired) electrons. The Morgan fingerprint density at radius 3 is 2.71 bits per heavy atom. The minimum absolute atomic E-state index is 0.0338. The number of carbonyl (C=O) groups excluding carboxylic acids is 1. The Morgan fingerprint density at radius 2 is 2.10 bits per heavy atom. The van der Waals surface area contributed by atoms with E-state index in [0.717, 1.165) is 28.8 Å². The van der Waals surface area contributed by atoms with E-state index in [9.17, 15) is 4.79 Å². The van der Waals surface area contributed by atoms with E-state index < -0.39 is 0 Å². The zero-order chi connectivity index (χ0) is 15.4. The first-order valence-corrected chi connectivity index (χ1v) is 7.62. The molecule has 1 aromatic carbocycles. The molecule has 1 heterocycles. The summed E-state index contributed by atoms with van der Waals surface area (Å²) in [4.78, 5) is 11.9. The third kappa shape index (κ3) is 3.85. The van der Waals surface area contributed by atoms with Gasteiger partial charge in [0.05, 0.1) is 21.5 Å². The minimum Gasteiger partial charge on any atom is -0.397 e. The molecule has 21 heavy (non-hydrogen) atoms. The van der Waals surface area contributed by atoms with Gasteiger partial charge in [-0.15, -0.1) is 0 Å². The average molecular weight is 351 g/mol. The van der Waals surface area contributed by atoms with E-state index in [1.54, 1.807) is 12.1 Å². The number of nitrogens with two attached hydrogens (primary N) is 1. The zero-order valence-electron chi connectivity index (χ0n) is 12.2. The number of nitrogens with one attached hydrogen (secondary N) is 1. The molecule has 6 heteroatoms. The highest BCUT2D eigenvalue weighted by atomic mass is 79.9. The first-order chi connectivity index (χ1) is 9.99. The van der Waals surface area contributed by atoms with Crippen molar-refractivity contribution in [2.45, 2.75) is 33.2 Å². The number of anilines is 2. The second kappa shape index (κ2) is 6.76. The fraction of sp³-hybridized carbons (Fsp3) is 0.333. The monoisotopic (exact) mass is 350 g/mol. The maximum absolute atomic E-state index is 11.9. The van der Waals surface area contributed by atoms with Gasteiger partial charge >= 0.3 is 0 Å². The predicted molar refractivity (Wildman–Crippen MR) is 88.1 cm³/mol. The van der Waals surface area contributed by atoms with Crippen LogP contribution in [0.3, 0.4) is 0 Å². The van der Waals surface area contributed by atoms with Crippen LogP contribution in [0.15, 0.2) is 28.7 Å². The van der Waals surface area contributed by atoms with E-state index in [4.69, 9.17) is 5.73 Å². The van der Waals surface area contributed by atoms with Gasteiger partial charge in [0.15, 0.2) is 0 Å². The van der Waals surface area contributed by atoms with Crippen molar-refractivity contribution in [3.05, 3.63) is 40.1 Å². The molecule has 2 rings (SSSR count). The SMILES string of the molecule is Cc1nn(CCCC(=O)Nc2ccccc2N)c(C)c1Br. The molecule has 0 unspecified atom stereocenters. The predicted octanol–water partition coefficient (Wildman–Crippen LogP) is 3.26. The van der Waals surface area contributed by atoms with Crippen LogP contribution in [0.25, 0.3) is 0 Å². The molecule has 0 atom stereocenters. The topological polar surface area (TPSA) is 72.9 Å². The summed E-state index contributed by atoms with van der Waals surface area (Å²) in [6.07, 6.45) is 1.16. The number of benzene rings is 1. The van der Waals surface area contributed by atoms with Crippen LogP contribution < -0.4 is 11.1 Å². The summed E-state index contributed by atoms with van der Waals surface area (Å²) in [7, 11) is 0. The summed E-state index contributed by atoms with van der Waals surface area (Å²) in [6.45, 7) is 4.68. The lowest BCUT2D eigenvalue weighted by molar-refractivity contribution is -0.116. The van der Waals surface area contributed by atoms with Crippen LogP contribution in [0.5, 0.6) is 0 Å². The molecule has 0 saturated heterocycles. The summed E-state index contributed by atoms with van der Waals surface area (Å²) in [6, 6.07) is 7.25. The number of aryl methyl sites for hydroxylation is 2. The molecule has 0 aliphatic rings. The lowest BCUT2D eigenvalue weighted by Crippen LogP contribution is -2.14. The number of rotatable bonds is 5. The number of halogens is 1. The van der Waals surface area contributed by atoms with Crippen molar-refractivity contribution in [3.8, 4) is 0 Å². The van der Waals surface area contributed by atoms with Crippen LogP contribution in [0.4, 0.5) is 11.4 Å². The lowest BCUT2D eigenvalue weighted by atomic mass is 10.2. The fourth-order valence-electron chi connectivity index (χ4n) is 2.11. The van der Waals surface area contributed by atoms with Crippen LogP contribution in [0, 0.1) is 13.8 Å². The minimum atomic E-state index is -0.0338. The largest absolute Gasteiger partial charge is 0.397 e. The van der Waals surface area contributed by atoms with Gasteiger partial charge in [-0.05, 0) is 48.3 Å². The van der Waals surface area contributed by atoms with Gasteiger partial charge in [-0.1, -0.05) is 12.1 Å². The number of nitrogens with zero attached hydrogens (tertiary/aromatic N) is 2. The Hall–Kier alpha value is -1.82. The Kier molecular flexibility index (Phi) is 5.01. The molecule has 0 aliphatic carbocycles. The number of hydrogen-bond acceptors (Lipinski definition) is 3. The number of hydrogen-bond donors (Lipinski definition) is 2. The van der Waals surface area contributed by atoms with Crippen molar-refractivity contribution in [3.63, 3.8) is 0 Å². The number of carbonyl (C=O) groups is 1. The van der Waals surface area contributed by atoms with Gasteiger partial charge in [-0.3, -0.25) is 9.48 Å². The molecular weight excluding hydrogens is 332 g/mol. The van der Waals surface area contributed by atoms with Gasteiger partial charge < -0.3 is 11.1 Å². The Balaban J connectivity index is 1.85. The van der Waals surface area contributed by atoms with Crippen LogP contribution in [0.2, 0.25) is 0 Å². The van der Waals surface area contributed by atoms with Crippen molar-refractivity contribution >= 4 is 33.2 Å². The fourth-order valence-corrected chi connectivity index (χ4v) is 2.39. The first-order valence-electron chi connectivity index (χ1n) is 6.83. The third-order valence-electron chi connectivity index (χ3n) is 3.30. The number of nitrogen functional groups attached to an aromatic ring is 1. The zero-order valence-corrected chi connectivity index (χ0v) is 13.8. The number of amides is 1. The van der Waals surface area contributed by atoms with Crippen LogP contribution in [0.1, 0.15) is 24.2 Å². The smallest absolute Gasteiger partial charge is 0.224 e. The summed E-state index contributed by atoms with van der Waals surface area (Å²) in [5, 5.41) is 7.25. The van der Waals surface area contributed by atoms with Crippen molar-refractivity contribution in [2.24, 2.45) is 0 Å². The molecule has 1 aromatic heterocycles. The quantitative estimate of drug-likeness (QED) is 0.812. The molecule has 3 N–H and O–H groups in total. The maximum Gasteiger partial charge on any atom is 0.224 e. The lowest BCUT2D eigenvalue weighted by Gasteiger charge is -2.08. The Labute approximate surface area is 132 Å². The Morgan fingerprint density at radius 1 is 1.38 bits per heavy atom. The summed E-state index contributed by atoms with van der Waals surface area (Å²) in [5.41, 5.74) is 9.08.